The highest BCUT2D eigenvalue weighted by Gasteiger charge is 2.43. The Morgan fingerprint density at radius 2 is 1.56 bits per heavy atom. The van der Waals surface area contributed by atoms with Gasteiger partial charge in [0.2, 0.25) is 15.9 Å². The minimum atomic E-state index is -4.92. The minimum absolute atomic E-state index is 0.00508. The number of nitrogens with two attached hydrogens (primary N) is 1. The van der Waals surface area contributed by atoms with E-state index in [-0.39, 0.29) is 47.0 Å². The van der Waals surface area contributed by atoms with Crippen LogP contribution in [0, 0.1) is 17.7 Å². The summed E-state index contributed by atoms with van der Waals surface area (Å²) in [6.07, 6.45) is -4.90. The number of ether oxygens (including phenoxy) is 1. The average Bonchev–Trinajstić information content (AvgIpc) is 3.36. The lowest BCUT2D eigenvalue weighted by Crippen LogP contribution is -2.35. The van der Waals surface area contributed by atoms with Crippen molar-refractivity contribution in [2.75, 3.05) is 26.2 Å². The number of halogens is 4. The Kier molecular flexibility index (Phi) is 6.97. The number of hydrogen-bond donors (Lipinski definition) is 1. The predicted molar refractivity (Wildman–Crippen MR) is 119 cm³/mol. The molecule has 0 radical (unpaired) electrons. The zero-order valence-corrected chi connectivity index (χ0v) is 19.7. The summed E-state index contributed by atoms with van der Waals surface area (Å²) in [5, 5.41) is 5.08. The van der Waals surface area contributed by atoms with Crippen molar-refractivity contribution >= 4 is 21.8 Å². The van der Waals surface area contributed by atoms with Crippen molar-refractivity contribution in [3.8, 4) is 5.75 Å². The van der Waals surface area contributed by atoms with E-state index in [1.165, 1.54) is 30.3 Å². The van der Waals surface area contributed by atoms with Crippen LogP contribution in [0.4, 0.5) is 17.6 Å². The van der Waals surface area contributed by atoms with E-state index >= 15 is 0 Å². The van der Waals surface area contributed by atoms with Crippen molar-refractivity contribution in [1.82, 2.24) is 9.80 Å². The number of carbonyl (C=O) groups is 2. The van der Waals surface area contributed by atoms with E-state index in [0.717, 1.165) is 6.07 Å². The van der Waals surface area contributed by atoms with Crippen molar-refractivity contribution in [3.05, 3.63) is 59.4 Å². The van der Waals surface area contributed by atoms with Gasteiger partial charge >= 0.3 is 6.36 Å². The summed E-state index contributed by atoms with van der Waals surface area (Å²) in [7, 11) is -3.85. The Morgan fingerprint density at radius 1 is 0.972 bits per heavy atom. The third-order valence-electron chi connectivity index (χ3n) is 6.42. The fourth-order valence-corrected chi connectivity index (χ4v) is 5.18. The van der Waals surface area contributed by atoms with Crippen molar-refractivity contribution in [3.63, 3.8) is 0 Å². The number of rotatable bonds is 6. The van der Waals surface area contributed by atoms with Crippen LogP contribution in [0.5, 0.6) is 5.75 Å². The lowest BCUT2D eigenvalue weighted by molar-refractivity contribution is -0.274. The van der Waals surface area contributed by atoms with Gasteiger partial charge in [-0.05, 0) is 42.3 Å². The summed E-state index contributed by atoms with van der Waals surface area (Å²) in [6, 6.07) is 8.19. The molecule has 36 heavy (non-hydrogen) atoms. The molecule has 2 aliphatic rings. The molecule has 2 aromatic carbocycles. The molecule has 2 atom stereocenters. The molecular weight excluding hydrogens is 506 g/mol. The molecule has 2 fully saturated rings. The maximum absolute atomic E-state index is 14.1. The number of fused-ring (bicyclic) bond motifs is 1. The lowest BCUT2D eigenvalue weighted by atomic mass is 10.0. The van der Waals surface area contributed by atoms with Crippen LogP contribution in [-0.2, 0) is 21.2 Å². The number of nitrogens with zero attached hydrogens (tertiary/aromatic N) is 2. The van der Waals surface area contributed by atoms with Gasteiger partial charge in [-0.2, -0.15) is 0 Å². The number of primary sulfonamides is 1. The van der Waals surface area contributed by atoms with Gasteiger partial charge in [0, 0.05) is 56.1 Å². The second-order valence-corrected chi connectivity index (χ2v) is 10.5. The van der Waals surface area contributed by atoms with E-state index in [1.54, 1.807) is 9.80 Å². The monoisotopic (exact) mass is 529 g/mol. The maximum atomic E-state index is 14.1. The molecule has 2 aliphatic heterocycles. The molecule has 2 N–H and O–H groups in total. The average molecular weight is 530 g/mol. The molecule has 2 aromatic rings. The molecule has 0 saturated carbocycles. The van der Waals surface area contributed by atoms with Crippen molar-refractivity contribution < 1.29 is 40.3 Å². The number of carbonyl (C=O) groups excluding carboxylic acids is 2. The molecule has 4 rings (SSSR count). The Labute approximate surface area is 204 Å². The minimum Gasteiger partial charge on any atom is -0.406 e. The second-order valence-electron chi connectivity index (χ2n) is 8.90. The first-order chi connectivity index (χ1) is 16.8. The highest BCUT2D eigenvalue weighted by atomic mass is 32.2. The van der Waals surface area contributed by atoms with Gasteiger partial charge in [0.1, 0.15) is 11.6 Å². The Hall–Kier alpha value is -3.19. The summed E-state index contributed by atoms with van der Waals surface area (Å²) in [4.78, 5) is 28.7. The molecule has 0 aliphatic carbocycles. The topological polar surface area (TPSA) is 110 Å². The van der Waals surface area contributed by atoms with E-state index in [4.69, 9.17) is 5.14 Å². The molecule has 13 heteroatoms. The van der Waals surface area contributed by atoms with Gasteiger partial charge in [0.05, 0.1) is 4.90 Å². The van der Waals surface area contributed by atoms with Gasteiger partial charge in [-0.1, -0.05) is 6.07 Å². The SMILES string of the molecule is NS(=O)(=O)c1ccc(C(=O)N2C[C@@H]3CN(C(=O)CCc4ccc(OC(F)(F)F)cc4F)C[C@H]3C2)cc1. The fraction of sp³-hybridized carbons (Fsp3) is 0.391. The first-order valence-electron chi connectivity index (χ1n) is 11.0. The quantitative estimate of drug-likeness (QED) is 0.579. The molecule has 0 unspecified atom stereocenters. The van der Waals surface area contributed by atoms with Gasteiger partial charge in [-0.3, -0.25) is 9.59 Å². The molecule has 2 heterocycles. The summed E-state index contributed by atoms with van der Waals surface area (Å²) < 4.78 is 77.4. The Bertz CT molecular complexity index is 1250. The normalized spacial score (nSPS) is 19.9. The number of alkyl halides is 3. The molecule has 2 amide bonds. The number of sulfonamides is 1. The zero-order chi connectivity index (χ0) is 26.3. The van der Waals surface area contributed by atoms with Crippen LogP contribution in [0.3, 0.4) is 0 Å². The van der Waals surface area contributed by atoms with Crippen LogP contribution in [0.2, 0.25) is 0 Å². The fourth-order valence-electron chi connectivity index (χ4n) is 4.66. The molecule has 8 nitrogen and oxygen atoms in total. The van der Waals surface area contributed by atoms with Gasteiger partial charge in [-0.25, -0.2) is 17.9 Å². The van der Waals surface area contributed by atoms with Crippen LogP contribution < -0.4 is 9.88 Å². The van der Waals surface area contributed by atoms with E-state index in [9.17, 15) is 35.6 Å². The predicted octanol–water partition coefficient (Wildman–Crippen LogP) is 2.53. The molecule has 0 spiro atoms. The van der Waals surface area contributed by atoms with E-state index in [2.05, 4.69) is 4.74 Å². The first kappa shape index (κ1) is 25.9. The number of hydrogen-bond acceptors (Lipinski definition) is 5. The summed E-state index contributed by atoms with van der Waals surface area (Å²) >= 11 is 0. The van der Waals surface area contributed by atoms with E-state index in [0.29, 0.717) is 37.8 Å². The maximum Gasteiger partial charge on any atom is 0.573 e. The highest BCUT2D eigenvalue weighted by molar-refractivity contribution is 7.89. The van der Waals surface area contributed by atoms with Gasteiger partial charge in [0.15, 0.2) is 0 Å². The number of benzene rings is 2. The number of likely N-dealkylation sites (tertiary alicyclic amines) is 2. The molecule has 194 valence electrons. The zero-order valence-electron chi connectivity index (χ0n) is 18.9. The second kappa shape index (κ2) is 9.69. The van der Waals surface area contributed by atoms with Crippen LogP contribution in [-0.4, -0.2) is 62.6 Å². The Morgan fingerprint density at radius 3 is 2.08 bits per heavy atom. The van der Waals surface area contributed by atoms with Crippen molar-refractivity contribution in [2.45, 2.75) is 24.1 Å². The van der Waals surface area contributed by atoms with Crippen molar-refractivity contribution in [2.24, 2.45) is 17.0 Å². The van der Waals surface area contributed by atoms with Gasteiger partial charge < -0.3 is 14.5 Å². The molecular formula is C23H23F4N3O5S. The summed E-state index contributed by atoms with van der Waals surface area (Å²) in [6.45, 7) is 1.77. The third kappa shape index (κ3) is 5.95. The number of amides is 2. The van der Waals surface area contributed by atoms with Gasteiger partial charge in [0.25, 0.3) is 5.91 Å². The van der Waals surface area contributed by atoms with Crippen molar-refractivity contribution in [1.29, 1.82) is 0 Å². The van der Waals surface area contributed by atoms with E-state index in [1.807, 2.05) is 0 Å². The van der Waals surface area contributed by atoms with Crippen LogP contribution in [0.25, 0.3) is 0 Å². The standard InChI is InChI=1S/C23H23F4N3O5S/c24-20-9-18(35-23(25,26)27)5-1-14(20)4-8-21(31)29-10-16-12-30(13-17(16)11-29)22(32)15-2-6-19(7-3-15)36(28,33)34/h1-3,5-7,9,16-17H,4,8,10-13H2,(H2,28,33,34)/t16-,17-/m0/s1. The Balaban J connectivity index is 1.28. The molecule has 0 aromatic heterocycles. The number of aryl methyl sites for hydroxylation is 1. The smallest absolute Gasteiger partial charge is 0.406 e. The summed E-state index contributed by atoms with van der Waals surface area (Å²) in [5.74, 6) is -1.82. The lowest BCUT2D eigenvalue weighted by Gasteiger charge is -2.22. The third-order valence-corrected chi connectivity index (χ3v) is 7.35. The molecule has 0 bridgehead atoms. The first-order valence-corrected chi connectivity index (χ1v) is 12.6. The van der Waals surface area contributed by atoms with Crippen LogP contribution >= 0.6 is 0 Å². The highest BCUT2D eigenvalue weighted by Crippen LogP contribution is 2.32. The van der Waals surface area contributed by atoms with Crippen LogP contribution in [0.15, 0.2) is 47.4 Å². The summed E-state index contributed by atoms with van der Waals surface area (Å²) in [5.41, 5.74) is 0.450. The largest absolute Gasteiger partial charge is 0.573 e. The van der Waals surface area contributed by atoms with Crippen LogP contribution in [0.1, 0.15) is 22.3 Å². The molecule has 2 saturated heterocycles. The van der Waals surface area contributed by atoms with Gasteiger partial charge in [-0.15, -0.1) is 13.2 Å². The van der Waals surface area contributed by atoms with E-state index < -0.39 is 28.0 Å².